The third-order valence-electron chi connectivity index (χ3n) is 3.21. The van der Waals surface area contributed by atoms with Gasteiger partial charge in [0.25, 0.3) is 0 Å². The molecule has 0 saturated carbocycles. The first-order valence-corrected chi connectivity index (χ1v) is 6.87. The van der Waals surface area contributed by atoms with E-state index in [1.54, 1.807) is 25.1 Å². The molecule has 4 nitrogen and oxygen atoms in total. The third kappa shape index (κ3) is 5.57. The lowest BCUT2D eigenvalue weighted by Crippen LogP contribution is -2.48. The SMILES string of the molecule is CCC(C)(C)NC(=O)C(C)Nc1ccccc1OC(F)F. The smallest absolute Gasteiger partial charge is 0.387 e. The number of alkyl halides is 2. The summed E-state index contributed by atoms with van der Waals surface area (Å²) in [6, 6.07) is 5.72. The Morgan fingerprint density at radius 2 is 1.95 bits per heavy atom. The van der Waals surface area contributed by atoms with E-state index in [-0.39, 0.29) is 17.2 Å². The molecule has 0 aromatic heterocycles. The van der Waals surface area contributed by atoms with Gasteiger partial charge in [0.15, 0.2) is 0 Å². The largest absolute Gasteiger partial charge is 0.433 e. The number of nitrogens with one attached hydrogen (secondary N) is 2. The summed E-state index contributed by atoms with van der Waals surface area (Å²) in [6.45, 7) is 4.58. The van der Waals surface area contributed by atoms with Crippen LogP contribution in [-0.2, 0) is 4.79 Å². The minimum absolute atomic E-state index is 0.0156. The van der Waals surface area contributed by atoms with Gasteiger partial charge in [0.1, 0.15) is 11.8 Å². The van der Waals surface area contributed by atoms with E-state index in [1.165, 1.54) is 6.07 Å². The quantitative estimate of drug-likeness (QED) is 0.811. The molecule has 0 bridgehead atoms. The van der Waals surface area contributed by atoms with Gasteiger partial charge in [-0.25, -0.2) is 0 Å². The van der Waals surface area contributed by atoms with Crippen LogP contribution in [0.2, 0.25) is 0 Å². The number of halogens is 2. The van der Waals surface area contributed by atoms with E-state index in [1.807, 2.05) is 20.8 Å². The monoisotopic (exact) mass is 300 g/mol. The van der Waals surface area contributed by atoms with Gasteiger partial charge in [0.05, 0.1) is 5.69 Å². The predicted octanol–water partition coefficient (Wildman–Crippen LogP) is 3.39. The van der Waals surface area contributed by atoms with Crippen LogP contribution in [-0.4, -0.2) is 24.1 Å². The highest BCUT2D eigenvalue weighted by Gasteiger charge is 2.22. The Balaban J connectivity index is 2.74. The van der Waals surface area contributed by atoms with Crippen molar-refractivity contribution < 1.29 is 18.3 Å². The summed E-state index contributed by atoms with van der Waals surface area (Å²) in [7, 11) is 0. The maximum absolute atomic E-state index is 12.3. The van der Waals surface area contributed by atoms with Crippen LogP contribution in [0.1, 0.15) is 34.1 Å². The molecule has 21 heavy (non-hydrogen) atoms. The van der Waals surface area contributed by atoms with Gasteiger partial charge in [0.2, 0.25) is 5.91 Å². The van der Waals surface area contributed by atoms with Crippen LogP contribution in [0.15, 0.2) is 24.3 Å². The number of carbonyl (C=O) groups is 1. The van der Waals surface area contributed by atoms with Crippen LogP contribution in [0, 0.1) is 0 Å². The van der Waals surface area contributed by atoms with E-state index in [2.05, 4.69) is 15.4 Å². The average Bonchev–Trinajstić information content (AvgIpc) is 2.40. The van der Waals surface area contributed by atoms with Crippen molar-refractivity contribution in [1.29, 1.82) is 0 Å². The number of hydrogen-bond acceptors (Lipinski definition) is 3. The Bertz CT molecular complexity index is 478. The maximum Gasteiger partial charge on any atom is 0.387 e. The predicted molar refractivity (Wildman–Crippen MR) is 78.7 cm³/mol. The summed E-state index contributed by atoms with van der Waals surface area (Å²) in [5, 5.41) is 5.79. The molecule has 0 radical (unpaired) electrons. The van der Waals surface area contributed by atoms with Gasteiger partial charge in [-0.2, -0.15) is 8.78 Å². The molecule has 1 unspecified atom stereocenters. The number of benzene rings is 1. The van der Waals surface area contributed by atoms with E-state index in [9.17, 15) is 13.6 Å². The van der Waals surface area contributed by atoms with Crippen molar-refractivity contribution in [3.8, 4) is 5.75 Å². The molecular formula is C15H22F2N2O2. The molecular weight excluding hydrogens is 278 g/mol. The molecule has 0 fully saturated rings. The lowest BCUT2D eigenvalue weighted by Gasteiger charge is -2.27. The third-order valence-corrected chi connectivity index (χ3v) is 3.21. The fraction of sp³-hybridized carbons (Fsp3) is 0.533. The number of para-hydroxylation sites is 2. The van der Waals surface area contributed by atoms with Crippen molar-refractivity contribution >= 4 is 11.6 Å². The summed E-state index contributed by atoms with van der Waals surface area (Å²) in [5.74, 6) is -0.185. The van der Waals surface area contributed by atoms with Gasteiger partial charge in [-0.3, -0.25) is 4.79 Å². The van der Waals surface area contributed by atoms with Crippen LogP contribution in [0.3, 0.4) is 0 Å². The average molecular weight is 300 g/mol. The Hall–Kier alpha value is -1.85. The number of ether oxygens (including phenoxy) is 1. The number of hydrogen-bond donors (Lipinski definition) is 2. The lowest BCUT2D eigenvalue weighted by molar-refractivity contribution is -0.123. The summed E-state index contributed by atoms with van der Waals surface area (Å²) in [5.41, 5.74) is 0.0428. The Labute approximate surface area is 123 Å². The second kappa shape index (κ2) is 7.24. The molecule has 1 aromatic rings. The molecule has 0 aliphatic heterocycles. The highest BCUT2D eigenvalue weighted by atomic mass is 19.3. The fourth-order valence-corrected chi connectivity index (χ4v) is 1.61. The number of carbonyl (C=O) groups excluding carboxylic acids is 1. The van der Waals surface area contributed by atoms with Crippen LogP contribution < -0.4 is 15.4 Å². The molecule has 0 aliphatic rings. The van der Waals surface area contributed by atoms with E-state index < -0.39 is 12.7 Å². The zero-order valence-electron chi connectivity index (χ0n) is 12.7. The van der Waals surface area contributed by atoms with E-state index in [0.717, 1.165) is 6.42 Å². The zero-order chi connectivity index (χ0) is 16.0. The molecule has 1 amide bonds. The molecule has 6 heteroatoms. The fourth-order valence-electron chi connectivity index (χ4n) is 1.61. The highest BCUT2D eigenvalue weighted by molar-refractivity contribution is 5.85. The normalized spacial score (nSPS) is 12.9. The summed E-state index contributed by atoms with van der Waals surface area (Å²) in [6.07, 6.45) is 0.788. The van der Waals surface area contributed by atoms with E-state index in [4.69, 9.17) is 0 Å². The Morgan fingerprint density at radius 1 is 1.33 bits per heavy atom. The highest BCUT2D eigenvalue weighted by Crippen LogP contribution is 2.26. The summed E-state index contributed by atoms with van der Waals surface area (Å²) < 4.78 is 29.1. The van der Waals surface area contributed by atoms with Crippen molar-refractivity contribution in [1.82, 2.24) is 5.32 Å². The first kappa shape index (κ1) is 17.2. The molecule has 1 aromatic carbocycles. The van der Waals surface area contributed by atoms with Gasteiger partial charge in [-0.1, -0.05) is 19.1 Å². The van der Waals surface area contributed by atoms with Gasteiger partial charge in [-0.05, 0) is 39.3 Å². The van der Waals surface area contributed by atoms with Gasteiger partial charge in [-0.15, -0.1) is 0 Å². The van der Waals surface area contributed by atoms with Crippen LogP contribution in [0.4, 0.5) is 14.5 Å². The first-order valence-electron chi connectivity index (χ1n) is 6.87. The van der Waals surface area contributed by atoms with Gasteiger partial charge >= 0.3 is 6.61 Å². The Kier molecular flexibility index (Phi) is 5.93. The van der Waals surface area contributed by atoms with Crippen LogP contribution >= 0.6 is 0 Å². The van der Waals surface area contributed by atoms with Crippen molar-refractivity contribution in [2.45, 2.75) is 52.3 Å². The van der Waals surface area contributed by atoms with Crippen molar-refractivity contribution in [2.24, 2.45) is 0 Å². The molecule has 0 saturated heterocycles. The standard InChI is InChI=1S/C15H22F2N2O2/c1-5-15(3,4)19-13(20)10(2)18-11-8-6-7-9-12(11)21-14(16)17/h6-10,14,18H,5H2,1-4H3,(H,19,20). The van der Waals surface area contributed by atoms with Crippen molar-refractivity contribution in [3.63, 3.8) is 0 Å². The second-order valence-corrected chi connectivity index (χ2v) is 5.47. The number of rotatable bonds is 7. The first-order chi connectivity index (χ1) is 9.75. The molecule has 0 spiro atoms. The molecule has 118 valence electrons. The molecule has 1 atom stereocenters. The maximum atomic E-state index is 12.3. The van der Waals surface area contributed by atoms with Gasteiger partial charge < -0.3 is 15.4 Å². The number of anilines is 1. The van der Waals surface area contributed by atoms with Crippen molar-refractivity contribution in [3.05, 3.63) is 24.3 Å². The Morgan fingerprint density at radius 3 is 2.52 bits per heavy atom. The zero-order valence-corrected chi connectivity index (χ0v) is 12.7. The van der Waals surface area contributed by atoms with E-state index >= 15 is 0 Å². The van der Waals surface area contributed by atoms with Gasteiger partial charge in [0, 0.05) is 5.54 Å². The number of amides is 1. The molecule has 2 N–H and O–H groups in total. The summed E-state index contributed by atoms with van der Waals surface area (Å²) >= 11 is 0. The molecule has 1 rings (SSSR count). The second-order valence-electron chi connectivity index (χ2n) is 5.47. The topological polar surface area (TPSA) is 50.4 Å². The molecule has 0 heterocycles. The summed E-state index contributed by atoms with van der Waals surface area (Å²) in [4.78, 5) is 12.1. The lowest BCUT2D eigenvalue weighted by atomic mass is 10.0. The minimum atomic E-state index is -2.91. The van der Waals surface area contributed by atoms with E-state index in [0.29, 0.717) is 5.69 Å². The molecule has 0 aliphatic carbocycles. The van der Waals surface area contributed by atoms with Crippen LogP contribution in [0.5, 0.6) is 5.75 Å². The van der Waals surface area contributed by atoms with Crippen molar-refractivity contribution in [2.75, 3.05) is 5.32 Å². The van der Waals surface area contributed by atoms with Crippen LogP contribution in [0.25, 0.3) is 0 Å². The minimum Gasteiger partial charge on any atom is -0.433 e.